The monoisotopic (exact) mass is 321 g/mol. The lowest BCUT2D eigenvalue weighted by Gasteiger charge is -2.13. The first-order valence-electron chi connectivity index (χ1n) is 6.66. The summed E-state index contributed by atoms with van der Waals surface area (Å²) in [6, 6.07) is 11.7. The Bertz CT molecular complexity index is 747. The zero-order chi connectivity index (χ0) is 17.0. The summed E-state index contributed by atoms with van der Waals surface area (Å²) in [5.74, 6) is -3.25. The Kier molecular flexibility index (Phi) is 4.80. The molecule has 0 saturated carbocycles. The molecule has 0 aliphatic heterocycles. The van der Waals surface area contributed by atoms with Gasteiger partial charge in [0.15, 0.2) is 5.78 Å². The second-order valence-corrected chi connectivity index (χ2v) is 4.92. The maximum atomic E-state index is 13.8. The van der Waals surface area contributed by atoms with Crippen LogP contribution in [0.5, 0.6) is 0 Å². The van der Waals surface area contributed by atoms with Crippen LogP contribution < -0.4 is 0 Å². The van der Waals surface area contributed by atoms with Gasteiger partial charge in [0.25, 0.3) is 0 Å². The topological polar surface area (TPSA) is 40.9 Å². The van der Waals surface area contributed by atoms with Crippen LogP contribution in [0.15, 0.2) is 48.5 Å². The molecule has 2 aromatic rings. The summed E-state index contributed by atoms with van der Waals surface area (Å²) in [6.07, 6.45) is -4.83. The fourth-order valence-electron chi connectivity index (χ4n) is 2.16. The van der Waals surface area contributed by atoms with Crippen molar-refractivity contribution in [3.63, 3.8) is 0 Å². The number of benzene rings is 2. The third kappa shape index (κ3) is 3.95. The van der Waals surface area contributed by atoms with Crippen molar-refractivity contribution in [2.75, 3.05) is 0 Å². The van der Waals surface area contributed by atoms with Crippen molar-refractivity contribution in [2.45, 2.75) is 18.5 Å². The van der Waals surface area contributed by atoms with Crippen LogP contribution in [-0.2, 0) is 17.4 Å². The molecule has 0 N–H and O–H groups in total. The maximum absolute atomic E-state index is 13.8. The minimum absolute atomic E-state index is 0.158. The standard InChI is InChI=1S/C17H11F4NO/c18-15-7-6-12(17(19,20)21)9-13(15)14(10-22)16(23)8-11-4-2-1-3-5-11/h1-7,9,14H,8H2. The molecular formula is C17H11F4NO. The first-order chi connectivity index (χ1) is 10.8. The largest absolute Gasteiger partial charge is 0.416 e. The number of halogens is 4. The molecule has 0 aromatic heterocycles. The number of nitrogens with zero attached hydrogens (tertiary/aromatic N) is 1. The van der Waals surface area contributed by atoms with Crippen LogP contribution >= 0.6 is 0 Å². The highest BCUT2D eigenvalue weighted by Crippen LogP contribution is 2.32. The smallest absolute Gasteiger partial charge is 0.297 e. The summed E-state index contributed by atoms with van der Waals surface area (Å²) in [7, 11) is 0. The van der Waals surface area contributed by atoms with Crippen molar-refractivity contribution in [2.24, 2.45) is 0 Å². The molecule has 0 radical (unpaired) electrons. The number of ketones is 1. The van der Waals surface area contributed by atoms with Crippen LogP contribution in [0.1, 0.15) is 22.6 Å². The average Bonchev–Trinajstić information content (AvgIpc) is 2.49. The molecule has 0 heterocycles. The van der Waals surface area contributed by atoms with Crippen LogP contribution in [0.2, 0.25) is 0 Å². The van der Waals surface area contributed by atoms with E-state index in [9.17, 15) is 22.4 Å². The van der Waals surface area contributed by atoms with Gasteiger partial charge in [0.2, 0.25) is 0 Å². The van der Waals surface area contributed by atoms with Crippen molar-refractivity contribution in [3.8, 4) is 6.07 Å². The Morgan fingerprint density at radius 3 is 2.35 bits per heavy atom. The third-order valence-corrected chi connectivity index (χ3v) is 3.31. The molecule has 0 aliphatic rings. The zero-order valence-electron chi connectivity index (χ0n) is 11.8. The lowest BCUT2D eigenvalue weighted by Crippen LogP contribution is -2.16. The summed E-state index contributed by atoms with van der Waals surface area (Å²) >= 11 is 0. The van der Waals surface area contributed by atoms with E-state index in [-0.39, 0.29) is 6.42 Å². The molecular weight excluding hydrogens is 310 g/mol. The van der Waals surface area contributed by atoms with Gasteiger partial charge in [-0.1, -0.05) is 30.3 Å². The van der Waals surface area contributed by atoms with Crippen molar-refractivity contribution < 1.29 is 22.4 Å². The Labute approximate surface area is 130 Å². The Hall–Kier alpha value is -2.68. The molecule has 1 unspecified atom stereocenters. The number of hydrogen-bond donors (Lipinski definition) is 0. The molecule has 0 fully saturated rings. The lowest BCUT2D eigenvalue weighted by molar-refractivity contribution is -0.137. The number of rotatable bonds is 4. The van der Waals surface area contributed by atoms with Crippen LogP contribution in [0.4, 0.5) is 17.6 Å². The van der Waals surface area contributed by atoms with Crippen LogP contribution in [0, 0.1) is 17.1 Å². The SMILES string of the molecule is N#CC(C(=O)Cc1ccccc1)c1cc(C(F)(F)F)ccc1F. The number of carbonyl (C=O) groups excluding carboxylic acids is 1. The molecule has 2 aromatic carbocycles. The van der Waals surface area contributed by atoms with Crippen molar-refractivity contribution in [1.29, 1.82) is 5.26 Å². The molecule has 0 bridgehead atoms. The lowest BCUT2D eigenvalue weighted by atomic mass is 9.90. The molecule has 1 atom stereocenters. The van der Waals surface area contributed by atoms with Gasteiger partial charge in [-0.3, -0.25) is 4.79 Å². The molecule has 0 spiro atoms. The first kappa shape index (κ1) is 16.7. The second kappa shape index (κ2) is 6.61. The van der Waals surface area contributed by atoms with E-state index in [1.165, 1.54) is 0 Å². The van der Waals surface area contributed by atoms with Crippen molar-refractivity contribution in [3.05, 3.63) is 71.0 Å². The third-order valence-electron chi connectivity index (χ3n) is 3.31. The Morgan fingerprint density at radius 1 is 1.13 bits per heavy atom. The minimum Gasteiger partial charge on any atom is -0.297 e. The normalized spacial score (nSPS) is 12.5. The van der Waals surface area contributed by atoms with Gasteiger partial charge in [0, 0.05) is 12.0 Å². The summed E-state index contributed by atoms with van der Waals surface area (Å²) in [4.78, 5) is 12.2. The quantitative estimate of drug-likeness (QED) is 0.789. The first-order valence-corrected chi connectivity index (χ1v) is 6.66. The molecule has 0 saturated heterocycles. The molecule has 0 amide bonds. The van der Waals surface area contributed by atoms with E-state index in [1.54, 1.807) is 36.4 Å². The molecule has 2 rings (SSSR count). The average molecular weight is 321 g/mol. The fourth-order valence-corrected chi connectivity index (χ4v) is 2.16. The van der Waals surface area contributed by atoms with Crippen LogP contribution in [0.25, 0.3) is 0 Å². The van der Waals surface area contributed by atoms with Gasteiger partial charge in [-0.2, -0.15) is 18.4 Å². The molecule has 2 nitrogen and oxygen atoms in total. The maximum Gasteiger partial charge on any atom is 0.416 e. The number of Topliss-reactive ketones (excluding diaryl/α,β-unsaturated/α-hetero) is 1. The van der Waals surface area contributed by atoms with Gasteiger partial charge in [0.1, 0.15) is 11.7 Å². The molecule has 0 aliphatic carbocycles. The van der Waals surface area contributed by atoms with Gasteiger partial charge < -0.3 is 0 Å². The van der Waals surface area contributed by atoms with Gasteiger partial charge >= 0.3 is 6.18 Å². The predicted molar refractivity (Wildman–Crippen MR) is 74.9 cm³/mol. The summed E-state index contributed by atoms with van der Waals surface area (Å²) in [5.41, 5.74) is -1.05. The van der Waals surface area contributed by atoms with Gasteiger partial charge in [-0.25, -0.2) is 4.39 Å². The van der Waals surface area contributed by atoms with Gasteiger partial charge in [-0.05, 0) is 23.8 Å². The highest BCUT2D eigenvalue weighted by molar-refractivity contribution is 5.90. The van der Waals surface area contributed by atoms with E-state index < -0.39 is 34.8 Å². The minimum atomic E-state index is -4.68. The van der Waals surface area contributed by atoms with Gasteiger partial charge in [-0.15, -0.1) is 0 Å². The summed E-state index contributed by atoms with van der Waals surface area (Å²) in [6.45, 7) is 0. The van der Waals surface area contributed by atoms with E-state index in [2.05, 4.69) is 0 Å². The summed E-state index contributed by atoms with van der Waals surface area (Å²) < 4.78 is 52.0. The zero-order valence-corrected chi connectivity index (χ0v) is 11.8. The number of nitriles is 1. The van der Waals surface area contributed by atoms with E-state index in [4.69, 9.17) is 5.26 Å². The highest BCUT2D eigenvalue weighted by Gasteiger charge is 2.33. The van der Waals surface area contributed by atoms with E-state index >= 15 is 0 Å². The fraction of sp³-hybridized carbons (Fsp3) is 0.176. The number of carbonyl (C=O) groups is 1. The van der Waals surface area contributed by atoms with E-state index in [0.29, 0.717) is 23.8 Å². The molecule has 23 heavy (non-hydrogen) atoms. The van der Waals surface area contributed by atoms with Crippen LogP contribution in [0.3, 0.4) is 0 Å². The second-order valence-electron chi connectivity index (χ2n) is 4.92. The highest BCUT2D eigenvalue weighted by atomic mass is 19.4. The predicted octanol–water partition coefficient (Wildman–Crippen LogP) is 4.26. The van der Waals surface area contributed by atoms with Crippen molar-refractivity contribution in [1.82, 2.24) is 0 Å². The number of alkyl halides is 3. The van der Waals surface area contributed by atoms with E-state index in [1.807, 2.05) is 0 Å². The Morgan fingerprint density at radius 2 is 1.78 bits per heavy atom. The summed E-state index contributed by atoms with van der Waals surface area (Å²) in [5, 5.41) is 9.13. The van der Waals surface area contributed by atoms with Gasteiger partial charge in [0.05, 0.1) is 11.6 Å². The van der Waals surface area contributed by atoms with Crippen molar-refractivity contribution >= 4 is 5.78 Å². The molecule has 118 valence electrons. The number of hydrogen-bond acceptors (Lipinski definition) is 2. The molecule has 6 heteroatoms. The Balaban J connectivity index is 2.34. The van der Waals surface area contributed by atoms with Crippen LogP contribution in [-0.4, -0.2) is 5.78 Å². The van der Waals surface area contributed by atoms with E-state index in [0.717, 1.165) is 0 Å².